The molecule has 1 N–H and O–H groups in total. The van der Waals surface area contributed by atoms with Gasteiger partial charge in [-0.2, -0.15) is 5.26 Å². The number of anilines is 1. The highest BCUT2D eigenvalue weighted by Crippen LogP contribution is 2.23. The molecule has 0 aliphatic carbocycles. The number of nitriles is 1. The van der Waals surface area contributed by atoms with Crippen molar-refractivity contribution >= 4 is 27.3 Å². The first-order valence-electron chi connectivity index (χ1n) is 6.10. The molecule has 0 unspecified atom stereocenters. The maximum Gasteiger partial charge on any atom is 0.233 e. The number of nitrogens with zero attached hydrogens (tertiary/aromatic N) is 2. The van der Waals surface area contributed by atoms with E-state index in [1.807, 2.05) is 6.07 Å². The molecule has 2 aromatic rings. The van der Waals surface area contributed by atoms with E-state index in [9.17, 15) is 8.42 Å². The van der Waals surface area contributed by atoms with E-state index in [1.165, 1.54) is 18.2 Å². The van der Waals surface area contributed by atoms with Crippen LogP contribution >= 0.6 is 11.6 Å². The standard InChI is InChI=1S/C14H12ClN3O2S/c15-13-9-11(10-16)4-5-14(13)18-21(19,20)8-6-12-3-1-2-7-17-12/h1-5,7,9,18H,6,8H2. The van der Waals surface area contributed by atoms with Crippen molar-refractivity contribution in [3.05, 3.63) is 58.9 Å². The summed E-state index contributed by atoms with van der Waals surface area (Å²) in [5.41, 5.74) is 1.34. The third kappa shape index (κ3) is 4.45. The van der Waals surface area contributed by atoms with E-state index in [1.54, 1.807) is 24.4 Å². The molecule has 5 nitrogen and oxygen atoms in total. The Kier molecular flexibility index (Phi) is 4.78. The van der Waals surface area contributed by atoms with Crippen molar-refractivity contribution in [3.8, 4) is 6.07 Å². The summed E-state index contributed by atoms with van der Waals surface area (Å²) >= 11 is 5.94. The van der Waals surface area contributed by atoms with Gasteiger partial charge in [0.1, 0.15) is 0 Å². The average molecular weight is 322 g/mol. The van der Waals surface area contributed by atoms with E-state index in [-0.39, 0.29) is 16.5 Å². The lowest BCUT2D eigenvalue weighted by Gasteiger charge is -2.09. The molecule has 0 spiro atoms. The van der Waals surface area contributed by atoms with Gasteiger partial charge in [0.05, 0.1) is 28.1 Å². The normalized spacial score (nSPS) is 10.9. The van der Waals surface area contributed by atoms with E-state index in [4.69, 9.17) is 16.9 Å². The summed E-state index contributed by atoms with van der Waals surface area (Å²) in [5, 5.41) is 8.93. The van der Waals surface area contributed by atoms with Crippen LogP contribution in [0.25, 0.3) is 0 Å². The van der Waals surface area contributed by atoms with E-state index in [2.05, 4.69) is 9.71 Å². The Morgan fingerprint density at radius 1 is 1.29 bits per heavy atom. The molecular formula is C14H12ClN3O2S. The summed E-state index contributed by atoms with van der Waals surface area (Å²) in [5.74, 6) is -0.0969. The van der Waals surface area contributed by atoms with Crippen molar-refractivity contribution in [2.45, 2.75) is 6.42 Å². The van der Waals surface area contributed by atoms with Gasteiger partial charge < -0.3 is 0 Å². The van der Waals surface area contributed by atoms with Crippen LogP contribution in [0.5, 0.6) is 0 Å². The number of nitrogens with one attached hydrogen (secondary N) is 1. The van der Waals surface area contributed by atoms with Gasteiger partial charge >= 0.3 is 0 Å². The highest BCUT2D eigenvalue weighted by Gasteiger charge is 2.13. The minimum Gasteiger partial charge on any atom is -0.282 e. The Morgan fingerprint density at radius 3 is 2.71 bits per heavy atom. The lowest BCUT2D eigenvalue weighted by atomic mass is 10.2. The minimum atomic E-state index is -3.53. The van der Waals surface area contributed by atoms with Gasteiger partial charge in [-0.3, -0.25) is 9.71 Å². The lowest BCUT2D eigenvalue weighted by Crippen LogP contribution is -2.18. The molecule has 0 amide bonds. The number of hydrogen-bond acceptors (Lipinski definition) is 4. The first-order chi connectivity index (χ1) is 10.00. The van der Waals surface area contributed by atoms with Crippen LogP contribution in [0.1, 0.15) is 11.3 Å². The van der Waals surface area contributed by atoms with Gasteiger partial charge in [-0.25, -0.2) is 8.42 Å². The van der Waals surface area contributed by atoms with Crippen molar-refractivity contribution < 1.29 is 8.42 Å². The Balaban J connectivity index is 2.06. The van der Waals surface area contributed by atoms with Crippen LogP contribution in [0.3, 0.4) is 0 Å². The largest absolute Gasteiger partial charge is 0.282 e. The highest BCUT2D eigenvalue weighted by molar-refractivity contribution is 7.92. The summed E-state index contributed by atoms with van der Waals surface area (Å²) in [6.45, 7) is 0. The number of aromatic nitrogens is 1. The Labute approximate surface area is 128 Å². The third-order valence-electron chi connectivity index (χ3n) is 2.72. The second-order valence-corrected chi connectivity index (χ2v) is 6.55. The van der Waals surface area contributed by atoms with Crippen LogP contribution in [0.4, 0.5) is 5.69 Å². The third-order valence-corrected chi connectivity index (χ3v) is 4.30. The van der Waals surface area contributed by atoms with Crippen LogP contribution in [0.15, 0.2) is 42.6 Å². The van der Waals surface area contributed by atoms with Crippen molar-refractivity contribution in [1.29, 1.82) is 5.26 Å². The molecule has 0 atom stereocenters. The summed E-state index contributed by atoms with van der Waals surface area (Å²) in [6, 6.07) is 11.7. The minimum absolute atomic E-state index is 0.0969. The van der Waals surface area contributed by atoms with Gasteiger partial charge in [0, 0.05) is 18.3 Å². The molecule has 1 aromatic carbocycles. The predicted octanol–water partition coefficient (Wildman–Crippen LogP) is 2.59. The predicted molar refractivity (Wildman–Crippen MR) is 81.5 cm³/mol. The fourth-order valence-corrected chi connectivity index (χ4v) is 3.05. The molecule has 1 heterocycles. The van der Waals surface area contributed by atoms with Crippen LogP contribution in [0.2, 0.25) is 5.02 Å². The van der Waals surface area contributed by atoms with Crippen LogP contribution < -0.4 is 4.72 Å². The molecule has 0 saturated heterocycles. The molecule has 2 rings (SSSR count). The van der Waals surface area contributed by atoms with Gasteiger partial charge in [0.15, 0.2) is 0 Å². The summed E-state index contributed by atoms with van der Waals surface area (Å²) in [4.78, 5) is 4.07. The molecule has 21 heavy (non-hydrogen) atoms. The molecule has 0 aliphatic rings. The molecule has 0 fully saturated rings. The Bertz CT molecular complexity index is 771. The summed E-state index contributed by atoms with van der Waals surface area (Å²) < 4.78 is 26.4. The number of benzene rings is 1. The zero-order valence-corrected chi connectivity index (χ0v) is 12.5. The molecule has 108 valence electrons. The quantitative estimate of drug-likeness (QED) is 0.917. The molecular weight excluding hydrogens is 310 g/mol. The topological polar surface area (TPSA) is 82.9 Å². The average Bonchev–Trinajstić information content (AvgIpc) is 2.48. The van der Waals surface area contributed by atoms with E-state index in [0.29, 0.717) is 17.7 Å². The lowest BCUT2D eigenvalue weighted by molar-refractivity contribution is 0.600. The second kappa shape index (κ2) is 6.57. The number of pyridine rings is 1. The Hall–Kier alpha value is -2.10. The summed E-state index contributed by atoms with van der Waals surface area (Å²) in [6.07, 6.45) is 1.93. The number of rotatable bonds is 5. The Morgan fingerprint density at radius 2 is 2.10 bits per heavy atom. The fraction of sp³-hybridized carbons (Fsp3) is 0.143. The number of sulfonamides is 1. The van der Waals surface area contributed by atoms with Gasteiger partial charge in [-0.15, -0.1) is 0 Å². The zero-order chi connectivity index (χ0) is 15.3. The van der Waals surface area contributed by atoms with Gasteiger partial charge in [-0.05, 0) is 30.3 Å². The first-order valence-corrected chi connectivity index (χ1v) is 8.13. The maximum absolute atomic E-state index is 12.0. The smallest absolute Gasteiger partial charge is 0.233 e. The van der Waals surface area contributed by atoms with E-state index >= 15 is 0 Å². The number of halogens is 1. The SMILES string of the molecule is N#Cc1ccc(NS(=O)(=O)CCc2ccccn2)c(Cl)c1. The second-order valence-electron chi connectivity index (χ2n) is 4.30. The highest BCUT2D eigenvalue weighted by atomic mass is 35.5. The van der Waals surface area contributed by atoms with Crippen LogP contribution in [-0.2, 0) is 16.4 Å². The van der Waals surface area contributed by atoms with E-state index in [0.717, 1.165) is 0 Å². The first kappa shape index (κ1) is 15.3. The molecule has 0 saturated carbocycles. The molecule has 0 radical (unpaired) electrons. The van der Waals surface area contributed by atoms with Crippen molar-refractivity contribution in [1.82, 2.24) is 4.98 Å². The van der Waals surface area contributed by atoms with Crippen LogP contribution in [-0.4, -0.2) is 19.2 Å². The van der Waals surface area contributed by atoms with Crippen molar-refractivity contribution in [2.75, 3.05) is 10.5 Å². The van der Waals surface area contributed by atoms with Gasteiger partial charge in [0.2, 0.25) is 10.0 Å². The molecule has 7 heteroatoms. The van der Waals surface area contributed by atoms with Gasteiger partial charge in [0.25, 0.3) is 0 Å². The van der Waals surface area contributed by atoms with Crippen molar-refractivity contribution in [2.24, 2.45) is 0 Å². The molecule has 1 aromatic heterocycles. The van der Waals surface area contributed by atoms with Crippen LogP contribution in [0, 0.1) is 11.3 Å². The van der Waals surface area contributed by atoms with E-state index < -0.39 is 10.0 Å². The van der Waals surface area contributed by atoms with Gasteiger partial charge in [-0.1, -0.05) is 17.7 Å². The number of hydrogen-bond donors (Lipinski definition) is 1. The fourth-order valence-electron chi connectivity index (χ4n) is 1.67. The maximum atomic E-state index is 12.0. The summed E-state index contributed by atoms with van der Waals surface area (Å²) in [7, 11) is -3.53. The molecule has 0 bridgehead atoms. The number of aryl methyl sites for hydroxylation is 1. The molecule has 0 aliphatic heterocycles. The van der Waals surface area contributed by atoms with Crippen molar-refractivity contribution in [3.63, 3.8) is 0 Å². The zero-order valence-electron chi connectivity index (χ0n) is 11.0. The monoisotopic (exact) mass is 321 g/mol.